The van der Waals surface area contributed by atoms with Gasteiger partial charge in [-0.05, 0) is 55.2 Å². The highest BCUT2D eigenvalue weighted by Gasteiger charge is 2.12. The van der Waals surface area contributed by atoms with E-state index in [1.165, 1.54) is 26.4 Å². The summed E-state index contributed by atoms with van der Waals surface area (Å²) in [5.74, 6) is 0.111. The van der Waals surface area contributed by atoms with Crippen LogP contribution in [-0.2, 0) is 9.47 Å². The van der Waals surface area contributed by atoms with Gasteiger partial charge in [-0.15, -0.1) is 0 Å². The lowest BCUT2D eigenvalue weighted by atomic mass is 10.0. The van der Waals surface area contributed by atoms with Crippen LogP contribution in [-0.4, -0.2) is 25.3 Å². The molecule has 0 aromatic heterocycles. The van der Waals surface area contributed by atoms with Gasteiger partial charge in [-0.1, -0.05) is 50.5 Å². The number of methoxy groups -OCH3 is 1. The zero-order valence-electron chi connectivity index (χ0n) is 16.8. The Morgan fingerprint density at radius 2 is 1.50 bits per heavy atom. The molecule has 0 spiro atoms. The van der Waals surface area contributed by atoms with Crippen LogP contribution in [0.1, 0.15) is 56.3 Å². The summed E-state index contributed by atoms with van der Waals surface area (Å²) < 4.78 is 14.9. The molecule has 0 fully saturated rings. The van der Waals surface area contributed by atoms with E-state index < -0.39 is 6.16 Å². The normalized spacial score (nSPS) is 11.5. The number of hydrogen-bond donors (Lipinski definition) is 0. The smallest absolute Gasteiger partial charge is 0.459 e. The maximum atomic E-state index is 12.3. The number of ether oxygens (including phenoxy) is 3. The molecule has 2 aromatic carbocycles. The van der Waals surface area contributed by atoms with Crippen LogP contribution in [0.3, 0.4) is 0 Å². The van der Waals surface area contributed by atoms with Crippen molar-refractivity contribution < 1.29 is 23.8 Å². The van der Waals surface area contributed by atoms with Gasteiger partial charge in [0.2, 0.25) is 0 Å². The van der Waals surface area contributed by atoms with Crippen LogP contribution >= 0.6 is 0 Å². The first-order valence-corrected chi connectivity index (χ1v) is 9.70. The second-order valence-corrected chi connectivity index (χ2v) is 6.72. The molecule has 0 aliphatic heterocycles. The molecular formula is C23H28O5. The van der Waals surface area contributed by atoms with Gasteiger partial charge in [0.25, 0.3) is 0 Å². The molecule has 2 aromatic rings. The minimum Gasteiger partial charge on any atom is -0.459 e. The van der Waals surface area contributed by atoms with Gasteiger partial charge in [-0.25, -0.2) is 9.59 Å². The average Bonchev–Trinajstić information content (AvgIpc) is 2.72. The van der Waals surface area contributed by atoms with E-state index in [9.17, 15) is 9.59 Å². The number of carbonyl (C=O) groups is 2. The van der Waals surface area contributed by atoms with E-state index in [1.54, 1.807) is 24.3 Å². The lowest BCUT2D eigenvalue weighted by Gasteiger charge is -2.13. The molecule has 0 amide bonds. The van der Waals surface area contributed by atoms with Crippen molar-refractivity contribution in [2.75, 3.05) is 7.11 Å². The van der Waals surface area contributed by atoms with Crippen LogP contribution in [0.2, 0.25) is 0 Å². The summed E-state index contributed by atoms with van der Waals surface area (Å²) in [5, 5.41) is 0. The van der Waals surface area contributed by atoms with Gasteiger partial charge in [-0.3, -0.25) is 0 Å². The van der Waals surface area contributed by atoms with E-state index in [-0.39, 0.29) is 12.1 Å². The molecule has 0 aliphatic carbocycles. The summed E-state index contributed by atoms with van der Waals surface area (Å²) in [6, 6.07) is 14.3. The largest absolute Gasteiger partial charge is 0.513 e. The van der Waals surface area contributed by atoms with Gasteiger partial charge in [0.05, 0.1) is 18.8 Å². The van der Waals surface area contributed by atoms with E-state index >= 15 is 0 Å². The molecule has 0 saturated heterocycles. The molecule has 150 valence electrons. The van der Waals surface area contributed by atoms with Gasteiger partial charge in [0.1, 0.15) is 5.75 Å². The highest BCUT2D eigenvalue weighted by Crippen LogP contribution is 2.23. The Morgan fingerprint density at radius 3 is 2.07 bits per heavy atom. The maximum absolute atomic E-state index is 12.3. The monoisotopic (exact) mass is 384 g/mol. The van der Waals surface area contributed by atoms with E-state index in [1.807, 2.05) is 31.2 Å². The molecule has 5 nitrogen and oxygen atoms in total. The third-order valence-electron chi connectivity index (χ3n) is 4.45. The van der Waals surface area contributed by atoms with Crippen molar-refractivity contribution in [2.24, 2.45) is 0 Å². The van der Waals surface area contributed by atoms with Crippen LogP contribution in [0.25, 0.3) is 11.1 Å². The van der Waals surface area contributed by atoms with Crippen LogP contribution in [0.5, 0.6) is 5.75 Å². The minimum absolute atomic E-state index is 0.0774. The first-order valence-electron chi connectivity index (χ1n) is 9.70. The Kier molecular flexibility index (Phi) is 8.53. The van der Waals surface area contributed by atoms with Crippen LogP contribution < -0.4 is 4.74 Å². The molecule has 0 radical (unpaired) electrons. The van der Waals surface area contributed by atoms with Gasteiger partial charge >= 0.3 is 12.1 Å². The van der Waals surface area contributed by atoms with E-state index in [0.29, 0.717) is 11.3 Å². The zero-order valence-corrected chi connectivity index (χ0v) is 16.8. The molecule has 0 bridgehead atoms. The Labute approximate surface area is 166 Å². The van der Waals surface area contributed by atoms with Gasteiger partial charge < -0.3 is 14.2 Å². The topological polar surface area (TPSA) is 61.8 Å². The average molecular weight is 384 g/mol. The number of unbranched alkanes of at least 4 members (excludes halogenated alkanes) is 3. The SMILES string of the molecule is CCCCCC[C@H](C)OC(=O)c1ccc(-c2ccc(OC(=O)OC)cc2)cc1. The Bertz CT molecular complexity index is 750. The Morgan fingerprint density at radius 1 is 0.893 bits per heavy atom. The summed E-state index contributed by atoms with van der Waals surface area (Å²) >= 11 is 0. The molecule has 1 atom stereocenters. The van der Waals surface area contributed by atoms with Crippen LogP contribution in [0.15, 0.2) is 48.5 Å². The van der Waals surface area contributed by atoms with Gasteiger partial charge in [0.15, 0.2) is 0 Å². The third-order valence-corrected chi connectivity index (χ3v) is 4.45. The quantitative estimate of drug-likeness (QED) is 0.301. The lowest BCUT2D eigenvalue weighted by Crippen LogP contribution is -2.15. The molecule has 2 rings (SSSR count). The van der Waals surface area contributed by atoms with Crippen molar-refractivity contribution in [1.29, 1.82) is 0 Å². The van der Waals surface area contributed by atoms with Crippen molar-refractivity contribution in [2.45, 2.75) is 52.1 Å². The number of carbonyl (C=O) groups excluding carboxylic acids is 2. The standard InChI is InChI=1S/C23H28O5/c1-4-5-6-7-8-17(2)27-22(24)20-11-9-18(10-12-20)19-13-15-21(16-14-19)28-23(25)26-3/h9-17H,4-8H2,1-3H3/t17-/m0/s1. The fourth-order valence-electron chi connectivity index (χ4n) is 2.82. The Balaban J connectivity index is 1.91. The number of benzene rings is 2. The predicted molar refractivity (Wildman–Crippen MR) is 109 cm³/mol. The fourth-order valence-corrected chi connectivity index (χ4v) is 2.82. The third kappa shape index (κ3) is 6.72. The zero-order chi connectivity index (χ0) is 20.4. The summed E-state index contributed by atoms with van der Waals surface area (Å²) in [6.07, 6.45) is 4.73. The molecule has 0 unspecified atom stereocenters. The van der Waals surface area contributed by atoms with Gasteiger partial charge in [-0.2, -0.15) is 0 Å². The fraction of sp³-hybridized carbons (Fsp3) is 0.391. The van der Waals surface area contributed by atoms with Crippen molar-refractivity contribution in [3.05, 3.63) is 54.1 Å². The van der Waals surface area contributed by atoms with Crippen molar-refractivity contribution in [1.82, 2.24) is 0 Å². The summed E-state index contributed by atoms with van der Waals surface area (Å²) in [7, 11) is 1.26. The van der Waals surface area contributed by atoms with Crippen LogP contribution in [0, 0.1) is 0 Å². The predicted octanol–water partition coefficient (Wildman–Crippen LogP) is 6.01. The summed E-state index contributed by atoms with van der Waals surface area (Å²) in [6.45, 7) is 4.12. The second kappa shape index (κ2) is 11.1. The highest BCUT2D eigenvalue weighted by molar-refractivity contribution is 5.90. The molecular weight excluding hydrogens is 356 g/mol. The Hall–Kier alpha value is -2.82. The van der Waals surface area contributed by atoms with Gasteiger partial charge in [0, 0.05) is 0 Å². The summed E-state index contributed by atoms with van der Waals surface area (Å²) in [5.41, 5.74) is 2.44. The molecule has 0 saturated carbocycles. The van der Waals surface area contributed by atoms with Crippen molar-refractivity contribution >= 4 is 12.1 Å². The second-order valence-electron chi connectivity index (χ2n) is 6.72. The lowest BCUT2D eigenvalue weighted by molar-refractivity contribution is 0.0319. The molecule has 28 heavy (non-hydrogen) atoms. The van der Waals surface area contributed by atoms with Crippen molar-refractivity contribution in [3.8, 4) is 16.9 Å². The molecule has 0 heterocycles. The van der Waals surface area contributed by atoms with E-state index in [0.717, 1.165) is 24.0 Å². The van der Waals surface area contributed by atoms with Crippen molar-refractivity contribution in [3.63, 3.8) is 0 Å². The first kappa shape index (κ1) is 21.5. The molecule has 0 N–H and O–H groups in total. The molecule has 0 aliphatic rings. The first-order chi connectivity index (χ1) is 13.5. The number of hydrogen-bond acceptors (Lipinski definition) is 5. The highest BCUT2D eigenvalue weighted by atomic mass is 16.7. The number of rotatable bonds is 9. The number of esters is 1. The van der Waals surface area contributed by atoms with E-state index in [2.05, 4.69) is 11.7 Å². The maximum Gasteiger partial charge on any atom is 0.513 e. The van der Waals surface area contributed by atoms with Crippen LogP contribution in [0.4, 0.5) is 4.79 Å². The van der Waals surface area contributed by atoms with E-state index in [4.69, 9.17) is 9.47 Å². The summed E-state index contributed by atoms with van der Waals surface area (Å²) in [4.78, 5) is 23.4. The molecule has 5 heteroatoms. The minimum atomic E-state index is -0.754.